The third kappa shape index (κ3) is 22.5. The van der Waals surface area contributed by atoms with E-state index in [1.165, 1.54) is 0 Å². The van der Waals surface area contributed by atoms with Crippen molar-refractivity contribution in [3.8, 4) is 0 Å². The normalized spacial score (nSPS) is 9.50. The summed E-state index contributed by atoms with van der Waals surface area (Å²) in [7, 11) is -5.89. The van der Waals surface area contributed by atoms with Gasteiger partial charge in [0, 0.05) is 0 Å². The smallest absolute Gasteiger partial charge is 0.749 e. The van der Waals surface area contributed by atoms with E-state index in [0.29, 0.717) is 0 Å². The first-order valence-corrected chi connectivity index (χ1v) is 3.76. The van der Waals surface area contributed by atoms with Gasteiger partial charge in [-0.25, -0.2) is 14.0 Å². The molecule has 0 radical (unpaired) electrons. The molecule has 2 N–H and O–H groups in total. The summed E-state index contributed by atoms with van der Waals surface area (Å²) >= 11 is 0. The monoisotopic (exact) mass is 230 g/mol. The Balaban J connectivity index is -0.000000177. The number of rotatable bonds is 2. The maximum absolute atomic E-state index is 11.4. The summed E-state index contributed by atoms with van der Waals surface area (Å²) in [4.78, 5) is 27.1. The average molecular weight is 230 g/mol. The van der Waals surface area contributed by atoms with Gasteiger partial charge in [-0.05, 0) is 0 Å². The Morgan fingerprint density at radius 2 is 1.36 bits per heavy atom. The third-order valence-electron chi connectivity index (χ3n) is 0.434. The van der Waals surface area contributed by atoms with Gasteiger partial charge in [0.2, 0.25) is 0 Å². The minimum Gasteiger partial charge on any atom is -0.749 e. The molecule has 0 aliphatic rings. The summed E-state index contributed by atoms with van der Waals surface area (Å²) in [6.07, 6.45) is -2.80. The fourth-order valence-electron chi connectivity index (χ4n) is 0.106. The Morgan fingerprint density at radius 3 is 1.36 bits per heavy atom. The second kappa shape index (κ2) is 7.88. The van der Waals surface area contributed by atoms with Crippen molar-refractivity contribution >= 4 is 19.9 Å². The predicted octanol–water partition coefficient (Wildman–Crippen LogP) is -3.11. The zero-order chi connectivity index (χ0) is 11.2. The molecule has 11 heteroatoms. The molecule has 14 heavy (non-hydrogen) atoms. The predicted molar refractivity (Wildman–Crippen MR) is 30.0 cm³/mol. The standard InChI is InChI=1S/C3H3FO4.F2HO2P.Li/c4-1(2(5)6)3(7)8;1-5(2,3)4;/h1H,(H,5,6)(H,7,8);(H,3,4);/q;;+1/p-1. The maximum Gasteiger partial charge on any atom is 1.00 e. The molecule has 0 bridgehead atoms. The summed E-state index contributed by atoms with van der Waals surface area (Å²) < 4.78 is 39.8. The molecule has 0 aliphatic heterocycles. The molecule has 0 heterocycles. The SMILES string of the molecule is O=C(O)C(F)C(=O)O.O=P([O-])(F)F.[Li+]. The van der Waals surface area contributed by atoms with Gasteiger partial charge in [-0.1, -0.05) is 0 Å². The van der Waals surface area contributed by atoms with Crippen LogP contribution < -0.4 is 23.8 Å². The van der Waals surface area contributed by atoms with Gasteiger partial charge in [0.1, 0.15) is 0 Å². The molecular weight excluding hydrogens is 227 g/mol. The van der Waals surface area contributed by atoms with E-state index in [0.717, 1.165) is 0 Å². The van der Waals surface area contributed by atoms with Crippen LogP contribution in [0.3, 0.4) is 0 Å². The quantitative estimate of drug-likeness (QED) is 0.295. The average Bonchev–Trinajstić information content (AvgIpc) is 1.81. The van der Waals surface area contributed by atoms with E-state index in [-0.39, 0.29) is 18.9 Å². The molecule has 0 aromatic carbocycles. The summed E-state index contributed by atoms with van der Waals surface area (Å²) in [6.45, 7) is 0. The van der Waals surface area contributed by atoms with E-state index in [4.69, 9.17) is 19.7 Å². The van der Waals surface area contributed by atoms with Gasteiger partial charge in [-0.3, -0.25) is 4.57 Å². The number of carboxylic acid groups (broad SMARTS) is 2. The molecule has 0 fully saturated rings. The van der Waals surface area contributed by atoms with Crippen LogP contribution in [0.25, 0.3) is 0 Å². The van der Waals surface area contributed by atoms with Crippen molar-refractivity contribution in [3.63, 3.8) is 0 Å². The largest absolute Gasteiger partial charge is 1.00 e. The van der Waals surface area contributed by atoms with Crippen LogP contribution in [-0.4, -0.2) is 28.3 Å². The Bertz CT molecular complexity index is 218. The van der Waals surface area contributed by atoms with Crippen LogP contribution in [0, 0.1) is 0 Å². The van der Waals surface area contributed by atoms with Crippen molar-refractivity contribution in [2.45, 2.75) is 6.17 Å². The molecule has 0 amide bonds. The maximum atomic E-state index is 11.4. The second-order valence-corrected chi connectivity index (χ2v) is 2.28. The van der Waals surface area contributed by atoms with Crippen LogP contribution in [0.2, 0.25) is 0 Å². The molecule has 0 aliphatic carbocycles. The fourth-order valence-corrected chi connectivity index (χ4v) is 0.106. The van der Waals surface area contributed by atoms with E-state index >= 15 is 0 Å². The number of carboxylic acids is 2. The Labute approximate surface area is 87.6 Å². The van der Waals surface area contributed by atoms with Gasteiger partial charge in [-0.15, -0.1) is 0 Å². The number of hydrogen-bond acceptors (Lipinski definition) is 4. The molecule has 0 unspecified atom stereocenters. The third-order valence-corrected chi connectivity index (χ3v) is 0.434. The first-order valence-electron chi connectivity index (χ1n) is 2.35. The Morgan fingerprint density at radius 1 is 1.21 bits per heavy atom. The summed E-state index contributed by atoms with van der Waals surface area (Å²) in [6, 6.07) is 0. The van der Waals surface area contributed by atoms with E-state index in [1.54, 1.807) is 0 Å². The van der Waals surface area contributed by atoms with Crippen LogP contribution in [0.4, 0.5) is 12.8 Å². The molecule has 0 spiro atoms. The molecule has 0 saturated heterocycles. The van der Waals surface area contributed by atoms with Crippen molar-refractivity contribution in [1.82, 2.24) is 0 Å². The van der Waals surface area contributed by atoms with E-state index in [2.05, 4.69) is 0 Å². The van der Waals surface area contributed by atoms with Crippen molar-refractivity contribution in [2.24, 2.45) is 0 Å². The molecule has 0 aromatic rings. The first-order chi connectivity index (χ1) is 5.55. The molecule has 0 rings (SSSR count). The molecular formula is C3H3F3LiO6P. The van der Waals surface area contributed by atoms with Crippen LogP contribution >= 0.6 is 7.99 Å². The summed E-state index contributed by atoms with van der Waals surface area (Å²) in [5, 5.41) is 15.2. The van der Waals surface area contributed by atoms with Crippen LogP contribution in [-0.2, 0) is 14.2 Å². The van der Waals surface area contributed by atoms with Gasteiger partial charge >= 0.3 is 38.8 Å². The zero-order valence-corrected chi connectivity index (χ0v) is 7.58. The van der Waals surface area contributed by atoms with Gasteiger partial charge in [0.25, 0.3) is 6.17 Å². The number of aliphatic carboxylic acids is 2. The first kappa shape index (κ1) is 19.1. The van der Waals surface area contributed by atoms with Crippen LogP contribution in [0.1, 0.15) is 0 Å². The number of alkyl halides is 1. The number of hydrogen-bond donors (Lipinski definition) is 2. The van der Waals surface area contributed by atoms with Gasteiger partial charge < -0.3 is 15.1 Å². The minimum absolute atomic E-state index is 0. The summed E-state index contributed by atoms with van der Waals surface area (Å²) in [5.74, 6) is -3.95. The van der Waals surface area contributed by atoms with Crippen molar-refractivity contribution in [3.05, 3.63) is 0 Å². The second-order valence-electron chi connectivity index (χ2n) is 1.45. The molecule has 0 atom stereocenters. The summed E-state index contributed by atoms with van der Waals surface area (Å²) in [5.41, 5.74) is 0. The van der Waals surface area contributed by atoms with E-state index in [1.807, 2.05) is 0 Å². The molecule has 78 valence electrons. The van der Waals surface area contributed by atoms with E-state index in [9.17, 15) is 22.4 Å². The van der Waals surface area contributed by atoms with Crippen molar-refractivity contribution in [1.29, 1.82) is 0 Å². The van der Waals surface area contributed by atoms with E-state index < -0.39 is 26.1 Å². The molecule has 0 aromatic heterocycles. The number of halogens is 3. The zero-order valence-electron chi connectivity index (χ0n) is 6.69. The Kier molecular flexibility index (Phi) is 10.8. The fraction of sp³-hybridized carbons (Fsp3) is 0.333. The topological polar surface area (TPSA) is 115 Å². The van der Waals surface area contributed by atoms with Crippen molar-refractivity contribution < 1.29 is 60.9 Å². The van der Waals surface area contributed by atoms with Crippen LogP contribution in [0.5, 0.6) is 0 Å². The van der Waals surface area contributed by atoms with Gasteiger partial charge in [0.05, 0.1) is 0 Å². The van der Waals surface area contributed by atoms with Gasteiger partial charge in [-0.2, -0.15) is 8.39 Å². The Hall–Kier alpha value is -0.483. The van der Waals surface area contributed by atoms with Crippen molar-refractivity contribution in [2.75, 3.05) is 0 Å². The molecule has 6 nitrogen and oxygen atoms in total. The van der Waals surface area contributed by atoms with Gasteiger partial charge in [0.15, 0.2) is 0 Å². The van der Waals surface area contributed by atoms with Crippen LogP contribution in [0.15, 0.2) is 0 Å². The number of carbonyl (C=O) groups is 2. The minimum atomic E-state index is -5.89. The molecule has 0 saturated carbocycles.